The lowest BCUT2D eigenvalue weighted by atomic mass is 9.98. The summed E-state index contributed by atoms with van der Waals surface area (Å²) < 4.78 is 56.8. The van der Waals surface area contributed by atoms with E-state index in [0.29, 0.717) is 25.1 Å². The van der Waals surface area contributed by atoms with Crippen LogP contribution in [-0.2, 0) is 30.5 Å². The number of nitrogens with zero attached hydrogens (tertiary/aromatic N) is 7. The first-order chi connectivity index (χ1) is 19.1. The van der Waals surface area contributed by atoms with Gasteiger partial charge in [-0.3, -0.25) is 4.40 Å². The zero-order valence-corrected chi connectivity index (χ0v) is 23.3. The Hall–Kier alpha value is -3.19. The maximum atomic E-state index is 13.9. The summed E-state index contributed by atoms with van der Waals surface area (Å²) in [7, 11) is 2.11. The molecule has 2 aliphatic heterocycles. The first kappa shape index (κ1) is 27.0. The van der Waals surface area contributed by atoms with Gasteiger partial charge in [-0.1, -0.05) is 18.2 Å². The highest BCUT2D eigenvalue weighted by Gasteiger charge is 2.40. The summed E-state index contributed by atoms with van der Waals surface area (Å²) in [5, 5.41) is 7.18. The molecule has 2 unspecified atom stereocenters. The average molecular weight is 570 g/mol. The Morgan fingerprint density at radius 1 is 1.05 bits per heavy atom. The fraction of sp³-hybridized carbons (Fsp3) is 0.393. The summed E-state index contributed by atoms with van der Waals surface area (Å²) in [4.78, 5) is 9.95. The van der Waals surface area contributed by atoms with Crippen molar-refractivity contribution in [3.05, 3.63) is 82.4 Å². The molecule has 0 spiro atoms. The molecule has 40 heavy (non-hydrogen) atoms. The number of aryl methyl sites for hydroxylation is 2. The summed E-state index contributed by atoms with van der Waals surface area (Å²) in [6, 6.07) is 11.8. The molecule has 1 saturated heterocycles. The molecule has 0 bridgehead atoms. The van der Waals surface area contributed by atoms with Crippen LogP contribution in [0.4, 0.5) is 19.0 Å². The SMILES string of the molecule is Cc1ccc(Cc2ccn3c(C(F)(F)F)nnc3c2C)cc1CN1CC2CN(C)CCN2c2ncccc2[S+]1[O-]. The van der Waals surface area contributed by atoms with Crippen LogP contribution in [0.25, 0.3) is 5.65 Å². The van der Waals surface area contributed by atoms with Crippen LogP contribution in [0.2, 0.25) is 0 Å². The fourth-order valence-electron chi connectivity index (χ4n) is 5.67. The Kier molecular flexibility index (Phi) is 6.97. The van der Waals surface area contributed by atoms with Crippen molar-refractivity contribution in [1.29, 1.82) is 0 Å². The molecular formula is C28H30F3N7OS. The minimum Gasteiger partial charge on any atom is -0.593 e. The molecule has 5 heterocycles. The molecule has 0 amide bonds. The highest BCUT2D eigenvalue weighted by atomic mass is 32.2. The molecule has 0 saturated carbocycles. The molecule has 4 aromatic rings. The number of rotatable bonds is 4. The zero-order valence-electron chi connectivity index (χ0n) is 22.5. The molecule has 1 fully saturated rings. The molecule has 3 aromatic heterocycles. The van der Waals surface area contributed by atoms with E-state index in [-0.39, 0.29) is 11.7 Å². The average Bonchev–Trinajstić information content (AvgIpc) is 3.33. The minimum absolute atomic E-state index is 0.168. The van der Waals surface area contributed by atoms with Gasteiger partial charge in [0.1, 0.15) is 0 Å². The number of hydrogen-bond acceptors (Lipinski definition) is 7. The number of benzene rings is 1. The van der Waals surface area contributed by atoms with Crippen LogP contribution in [0, 0.1) is 13.8 Å². The van der Waals surface area contributed by atoms with Crippen molar-refractivity contribution in [1.82, 2.24) is 28.8 Å². The van der Waals surface area contributed by atoms with Crippen molar-refractivity contribution in [3.63, 3.8) is 0 Å². The number of fused-ring (bicyclic) bond motifs is 4. The van der Waals surface area contributed by atoms with E-state index in [1.54, 1.807) is 19.2 Å². The molecule has 0 N–H and O–H groups in total. The minimum atomic E-state index is -4.58. The van der Waals surface area contributed by atoms with Crippen LogP contribution in [0.1, 0.15) is 33.6 Å². The van der Waals surface area contributed by atoms with Crippen LogP contribution >= 0.6 is 0 Å². The molecule has 0 aliphatic carbocycles. The van der Waals surface area contributed by atoms with E-state index in [4.69, 9.17) is 0 Å². The van der Waals surface area contributed by atoms with E-state index in [0.717, 1.165) is 57.0 Å². The predicted molar refractivity (Wildman–Crippen MR) is 146 cm³/mol. The van der Waals surface area contributed by atoms with Crippen molar-refractivity contribution < 1.29 is 17.7 Å². The van der Waals surface area contributed by atoms with E-state index in [1.807, 2.05) is 35.5 Å². The monoisotopic (exact) mass is 569 g/mol. The zero-order chi connectivity index (χ0) is 28.2. The number of piperazine rings is 1. The van der Waals surface area contributed by atoms with E-state index >= 15 is 0 Å². The van der Waals surface area contributed by atoms with Crippen LogP contribution in [-0.4, -0.2) is 72.6 Å². The van der Waals surface area contributed by atoms with Crippen molar-refractivity contribution >= 4 is 22.8 Å². The maximum Gasteiger partial charge on any atom is 0.452 e. The number of likely N-dealkylation sites (N-methyl/N-ethyl adjacent to an activating group) is 1. The molecule has 1 aromatic carbocycles. The number of halogens is 3. The standard InChI is InChI=1S/C28H30F3N7OS/c1-18-6-7-20(13-21-8-10-38-25(19(21)2)33-34-27(38)28(29,30)31)14-22(18)15-36-17-23-16-35(3)11-12-37(23)26-24(40(36)39)5-4-9-32-26/h4-10,14,23H,11-13,15-17H2,1-3H3. The van der Waals surface area contributed by atoms with Gasteiger partial charge in [0.15, 0.2) is 11.5 Å². The van der Waals surface area contributed by atoms with Gasteiger partial charge in [0.05, 0.1) is 30.5 Å². The Labute approximate surface area is 233 Å². The highest BCUT2D eigenvalue weighted by Crippen LogP contribution is 2.34. The van der Waals surface area contributed by atoms with Crippen molar-refractivity contribution in [3.8, 4) is 0 Å². The molecule has 210 valence electrons. The maximum absolute atomic E-state index is 13.9. The third kappa shape index (κ3) is 4.93. The molecule has 8 nitrogen and oxygen atoms in total. The van der Waals surface area contributed by atoms with Gasteiger partial charge in [-0.05, 0) is 67.3 Å². The van der Waals surface area contributed by atoms with Gasteiger partial charge >= 0.3 is 6.18 Å². The van der Waals surface area contributed by atoms with E-state index in [1.165, 1.54) is 6.20 Å². The molecule has 2 atom stereocenters. The number of hydrogen-bond donors (Lipinski definition) is 0. The second-order valence-electron chi connectivity index (χ2n) is 10.6. The number of aromatic nitrogens is 4. The molecule has 6 rings (SSSR count). The fourth-order valence-corrected chi connectivity index (χ4v) is 7.03. The van der Waals surface area contributed by atoms with E-state index < -0.39 is 23.4 Å². The largest absolute Gasteiger partial charge is 0.593 e. The Morgan fingerprint density at radius 2 is 1.88 bits per heavy atom. The van der Waals surface area contributed by atoms with Crippen molar-refractivity contribution in [2.45, 2.75) is 43.9 Å². The van der Waals surface area contributed by atoms with Crippen LogP contribution in [0.3, 0.4) is 0 Å². The summed E-state index contributed by atoms with van der Waals surface area (Å²) in [5.74, 6) is -0.223. The van der Waals surface area contributed by atoms with Gasteiger partial charge in [0, 0.05) is 38.1 Å². The van der Waals surface area contributed by atoms with Gasteiger partial charge in [-0.2, -0.15) is 13.2 Å². The van der Waals surface area contributed by atoms with E-state index in [2.05, 4.69) is 38.1 Å². The molecular weight excluding hydrogens is 539 g/mol. The Balaban J connectivity index is 1.28. The van der Waals surface area contributed by atoms with Gasteiger partial charge < -0.3 is 14.4 Å². The summed E-state index contributed by atoms with van der Waals surface area (Å²) in [6.45, 7) is 7.59. The number of pyridine rings is 2. The van der Waals surface area contributed by atoms with E-state index in [9.17, 15) is 17.7 Å². The third-order valence-electron chi connectivity index (χ3n) is 7.89. The van der Waals surface area contributed by atoms with Gasteiger partial charge in [-0.15, -0.1) is 14.5 Å². The number of alkyl halides is 3. The second kappa shape index (κ2) is 10.3. The Bertz CT molecular complexity index is 1560. The topological polar surface area (TPSA) is 75.9 Å². The van der Waals surface area contributed by atoms with Crippen molar-refractivity contribution in [2.24, 2.45) is 0 Å². The highest BCUT2D eigenvalue weighted by molar-refractivity contribution is 7.89. The summed E-state index contributed by atoms with van der Waals surface area (Å²) in [6.07, 6.45) is -0.903. The van der Waals surface area contributed by atoms with Crippen LogP contribution < -0.4 is 4.90 Å². The predicted octanol–water partition coefficient (Wildman–Crippen LogP) is 4.01. The van der Waals surface area contributed by atoms with Gasteiger partial charge in [0.25, 0.3) is 0 Å². The third-order valence-corrected chi connectivity index (χ3v) is 9.33. The van der Waals surface area contributed by atoms with Gasteiger partial charge in [0.2, 0.25) is 10.7 Å². The second-order valence-corrected chi connectivity index (χ2v) is 12.1. The first-order valence-corrected chi connectivity index (χ1v) is 14.3. The summed E-state index contributed by atoms with van der Waals surface area (Å²) in [5.41, 5.74) is 4.91. The summed E-state index contributed by atoms with van der Waals surface area (Å²) >= 11 is -1.38. The van der Waals surface area contributed by atoms with Crippen LogP contribution in [0.15, 0.2) is 53.7 Å². The first-order valence-electron chi connectivity index (χ1n) is 13.2. The van der Waals surface area contributed by atoms with Gasteiger partial charge in [-0.25, -0.2) is 4.98 Å². The van der Waals surface area contributed by atoms with Crippen LogP contribution in [0.5, 0.6) is 0 Å². The smallest absolute Gasteiger partial charge is 0.452 e. The number of anilines is 1. The Morgan fingerprint density at radius 3 is 2.67 bits per heavy atom. The molecule has 12 heteroatoms. The quantitative estimate of drug-likeness (QED) is 0.344. The molecule has 0 radical (unpaired) electrons. The lowest BCUT2D eigenvalue weighted by Crippen LogP contribution is -2.55. The molecule has 2 aliphatic rings. The van der Waals surface area contributed by atoms with Crippen molar-refractivity contribution in [2.75, 3.05) is 38.1 Å². The lowest BCUT2D eigenvalue weighted by Gasteiger charge is -2.39. The lowest BCUT2D eigenvalue weighted by molar-refractivity contribution is -0.145. The normalized spacial score (nSPS) is 20.4.